The van der Waals surface area contributed by atoms with Crippen LogP contribution in [0.15, 0.2) is 29.3 Å². The van der Waals surface area contributed by atoms with Crippen LogP contribution in [0.1, 0.15) is 50.5 Å². The number of benzene rings is 1. The Bertz CT molecular complexity index is 754. The molecular formula is C23H35N5O2. The first-order valence-electron chi connectivity index (χ1n) is 11.4. The summed E-state index contributed by atoms with van der Waals surface area (Å²) in [5.41, 5.74) is 2.24. The van der Waals surface area contributed by atoms with Crippen LogP contribution in [-0.4, -0.2) is 68.2 Å². The molecule has 0 spiro atoms. The van der Waals surface area contributed by atoms with Crippen molar-refractivity contribution in [1.82, 2.24) is 15.5 Å². The largest absolute Gasteiger partial charge is 0.381 e. The molecule has 3 aliphatic rings. The van der Waals surface area contributed by atoms with Crippen LogP contribution in [0.5, 0.6) is 0 Å². The third-order valence-electron chi connectivity index (χ3n) is 6.70. The molecule has 0 aliphatic carbocycles. The predicted molar refractivity (Wildman–Crippen MR) is 120 cm³/mol. The second kappa shape index (κ2) is 9.79. The lowest BCUT2D eigenvalue weighted by Gasteiger charge is -2.43. The quantitative estimate of drug-likeness (QED) is 0.493. The number of anilines is 1. The van der Waals surface area contributed by atoms with Gasteiger partial charge in [0.05, 0.1) is 6.54 Å². The summed E-state index contributed by atoms with van der Waals surface area (Å²) < 4.78 is 5.66. The third kappa shape index (κ3) is 4.78. The topological polar surface area (TPSA) is 78.0 Å². The molecule has 0 saturated carbocycles. The smallest absolute Gasteiger partial charge is 0.225 e. The first-order valence-corrected chi connectivity index (χ1v) is 11.4. The highest BCUT2D eigenvalue weighted by molar-refractivity contribution is 5.94. The van der Waals surface area contributed by atoms with E-state index in [2.05, 4.69) is 33.8 Å². The van der Waals surface area contributed by atoms with E-state index >= 15 is 0 Å². The van der Waals surface area contributed by atoms with Crippen molar-refractivity contribution < 1.29 is 9.53 Å². The maximum absolute atomic E-state index is 12.1. The molecule has 2 saturated heterocycles. The Balaban J connectivity index is 1.44. The molecule has 1 aromatic rings. The Morgan fingerprint density at radius 3 is 2.77 bits per heavy atom. The maximum Gasteiger partial charge on any atom is 0.225 e. The van der Waals surface area contributed by atoms with E-state index in [9.17, 15) is 4.79 Å². The molecule has 2 fully saturated rings. The molecular weight excluding hydrogens is 378 g/mol. The van der Waals surface area contributed by atoms with Crippen LogP contribution < -0.4 is 16.0 Å². The minimum Gasteiger partial charge on any atom is -0.381 e. The lowest BCUT2D eigenvalue weighted by atomic mass is 9.88. The van der Waals surface area contributed by atoms with Crippen molar-refractivity contribution in [2.75, 3.05) is 51.3 Å². The number of rotatable bonds is 6. The van der Waals surface area contributed by atoms with E-state index < -0.39 is 0 Å². The van der Waals surface area contributed by atoms with Crippen LogP contribution in [0, 0.1) is 0 Å². The van der Waals surface area contributed by atoms with Crippen molar-refractivity contribution in [3.8, 4) is 0 Å². The summed E-state index contributed by atoms with van der Waals surface area (Å²) in [7, 11) is 0. The zero-order valence-electron chi connectivity index (χ0n) is 18.1. The molecule has 7 heteroatoms. The maximum atomic E-state index is 12.1. The lowest BCUT2D eigenvalue weighted by Crippen LogP contribution is -2.54. The van der Waals surface area contributed by atoms with Crippen LogP contribution in [0.3, 0.4) is 0 Å². The van der Waals surface area contributed by atoms with E-state index in [1.165, 1.54) is 31.5 Å². The third-order valence-corrected chi connectivity index (χ3v) is 6.70. The molecule has 3 heterocycles. The first kappa shape index (κ1) is 21.1. The van der Waals surface area contributed by atoms with Crippen molar-refractivity contribution in [3.63, 3.8) is 0 Å². The van der Waals surface area contributed by atoms with Crippen molar-refractivity contribution >= 4 is 17.6 Å². The molecule has 3 N–H and O–H groups in total. The van der Waals surface area contributed by atoms with E-state index in [-0.39, 0.29) is 17.4 Å². The molecule has 164 valence electrons. The molecule has 1 atom stereocenters. The van der Waals surface area contributed by atoms with E-state index in [1.54, 1.807) is 0 Å². The van der Waals surface area contributed by atoms with E-state index in [4.69, 9.17) is 9.73 Å². The molecule has 0 aromatic heterocycles. The van der Waals surface area contributed by atoms with Gasteiger partial charge in [0.15, 0.2) is 5.96 Å². The zero-order valence-corrected chi connectivity index (χ0v) is 18.1. The monoisotopic (exact) mass is 413 g/mol. The van der Waals surface area contributed by atoms with Gasteiger partial charge in [-0.2, -0.15) is 0 Å². The zero-order chi connectivity index (χ0) is 20.8. The summed E-state index contributed by atoms with van der Waals surface area (Å²) in [5, 5.41) is 9.88. The van der Waals surface area contributed by atoms with Gasteiger partial charge in [0.2, 0.25) is 5.91 Å². The Morgan fingerprint density at radius 1 is 1.23 bits per heavy atom. The molecule has 7 nitrogen and oxygen atoms in total. The fraction of sp³-hybridized carbons (Fsp3) is 0.652. The summed E-state index contributed by atoms with van der Waals surface area (Å²) in [6.07, 6.45) is 5.16. The predicted octanol–water partition coefficient (Wildman–Crippen LogP) is 2.31. The number of likely N-dealkylation sites (tertiary alicyclic amines) is 1. The number of ether oxygens (including phenoxy) is 1. The Kier molecular flexibility index (Phi) is 6.89. The molecule has 30 heavy (non-hydrogen) atoms. The van der Waals surface area contributed by atoms with E-state index in [1.807, 2.05) is 18.2 Å². The number of hydrogen-bond acceptors (Lipinski definition) is 4. The van der Waals surface area contributed by atoms with Gasteiger partial charge < -0.3 is 20.7 Å². The number of guanidine groups is 1. The number of aliphatic imine (C=N–C) groups is 1. The van der Waals surface area contributed by atoms with Crippen molar-refractivity contribution in [1.29, 1.82) is 0 Å². The van der Waals surface area contributed by atoms with Crippen LogP contribution >= 0.6 is 0 Å². The molecule has 0 radical (unpaired) electrons. The Labute approximate surface area is 179 Å². The highest BCUT2D eigenvalue weighted by Gasteiger charge is 2.39. The number of amides is 1. The summed E-state index contributed by atoms with van der Waals surface area (Å²) in [6, 6.07) is 8.08. The minimum atomic E-state index is 0.0811. The van der Waals surface area contributed by atoms with Crippen molar-refractivity contribution in [3.05, 3.63) is 29.8 Å². The average Bonchev–Trinajstić information content (AvgIpc) is 3.32. The SMILES string of the molecule is CCNC(=NCC1(N2CCCC2)CCOCC1)NCC1CC(=O)Nc2ccccc21. The second-order valence-electron chi connectivity index (χ2n) is 8.64. The standard InChI is InChI=1S/C23H35N5O2/c1-2-24-22(25-16-18-15-21(29)27-20-8-4-3-7-19(18)20)26-17-23(9-13-30-14-10-23)28-11-5-6-12-28/h3-4,7-8,18H,2,5-6,9-17H2,1H3,(H,27,29)(H2,24,25,26). The van der Waals surface area contributed by atoms with Gasteiger partial charge in [-0.1, -0.05) is 18.2 Å². The number of nitrogens with zero attached hydrogens (tertiary/aromatic N) is 2. The summed E-state index contributed by atoms with van der Waals surface area (Å²) >= 11 is 0. The molecule has 1 unspecified atom stereocenters. The van der Waals surface area contributed by atoms with Gasteiger partial charge in [-0.15, -0.1) is 0 Å². The average molecular weight is 414 g/mol. The first-order chi connectivity index (χ1) is 14.7. The lowest BCUT2D eigenvalue weighted by molar-refractivity contribution is -0.116. The van der Waals surface area contributed by atoms with Crippen LogP contribution in [0.2, 0.25) is 0 Å². The molecule has 3 aliphatic heterocycles. The normalized spacial score (nSPS) is 24.2. The van der Waals surface area contributed by atoms with Crippen LogP contribution in [0.4, 0.5) is 5.69 Å². The van der Waals surface area contributed by atoms with Gasteiger partial charge in [0, 0.05) is 49.9 Å². The minimum absolute atomic E-state index is 0.0811. The number of nitrogens with one attached hydrogen (secondary N) is 3. The number of carbonyl (C=O) groups is 1. The van der Waals surface area contributed by atoms with Gasteiger partial charge in [0.1, 0.15) is 0 Å². The highest BCUT2D eigenvalue weighted by atomic mass is 16.5. The fourth-order valence-electron chi connectivity index (χ4n) is 4.99. The van der Waals surface area contributed by atoms with E-state index in [0.717, 1.165) is 50.8 Å². The van der Waals surface area contributed by atoms with Crippen LogP contribution in [-0.2, 0) is 9.53 Å². The fourth-order valence-corrected chi connectivity index (χ4v) is 4.99. The number of fused-ring (bicyclic) bond motifs is 1. The molecule has 0 bridgehead atoms. The van der Waals surface area contributed by atoms with E-state index in [0.29, 0.717) is 13.0 Å². The Hall–Kier alpha value is -2.12. The molecule has 1 amide bonds. The second-order valence-corrected chi connectivity index (χ2v) is 8.64. The van der Waals surface area contributed by atoms with Crippen LogP contribution in [0.25, 0.3) is 0 Å². The van der Waals surface area contributed by atoms with Gasteiger partial charge >= 0.3 is 0 Å². The number of carbonyl (C=O) groups excluding carboxylic acids is 1. The summed E-state index contributed by atoms with van der Waals surface area (Å²) in [4.78, 5) is 19.8. The van der Waals surface area contributed by atoms with Gasteiger partial charge in [-0.25, -0.2) is 0 Å². The summed E-state index contributed by atoms with van der Waals surface area (Å²) in [5.74, 6) is 1.07. The summed E-state index contributed by atoms with van der Waals surface area (Å²) in [6.45, 7) is 8.37. The Morgan fingerprint density at radius 2 is 2.00 bits per heavy atom. The van der Waals surface area contributed by atoms with Crippen molar-refractivity contribution in [2.45, 2.75) is 50.5 Å². The number of hydrogen-bond donors (Lipinski definition) is 3. The molecule has 1 aromatic carbocycles. The molecule has 4 rings (SSSR count). The highest BCUT2D eigenvalue weighted by Crippen LogP contribution is 2.32. The van der Waals surface area contributed by atoms with Gasteiger partial charge in [-0.3, -0.25) is 14.7 Å². The van der Waals surface area contributed by atoms with Crippen molar-refractivity contribution in [2.24, 2.45) is 4.99 Å². The van der Waals surface area contributed by atoms with Gasteiger partial charge in [0.25, 0.3) is 0 Å². The van der Waals surface area contributed by atoms with Gasteiger partial charge in [-0.05, 0) is 57.3 Å². The number of para-hydroxylation sites is 1.